The van der Waals surface area contributed by atoms with Crippen LogP contribution in [0.25, 0.3) is 6.08 Å². The van der Waals surface area contributed by atoms with Crippen molar-refractivity contribution in [2.24, 2.45) is 0 Å². The van der Waals surface area contributed by atoms with Crippen LogP contribution in [0.2, 0.25) is 0 Å². The summed E-state index contributed by atoms with van der Waals surface area (Å²) in [5.41, 5.74) is 0.713. The van der Waals surface area contributed by atoms with E-state index in [9.17, 15) is 14.0 Å². The second-order valence-electron chi connectivity index (χ2n) is 4.41. The van der Waals surface area contributed by atoms with Gasteiger partial charge in [0.15, 0.2) is 0 Å². The number of amides is 2. The van der Waals surface area contributed by atoms with Gasteiger partial charge >= 0.3 is 0 Å². The summed E-state index contributed by atoms with van der Waals surface area (Å²) in [5, 5.41) is 5.26. The fourth-order valence-corrected chi connectivity index (χ4v) is 1.47. The molecule has 0 aromatic heterocycles. The van der Waals surface area contributed by atoms with Crippen LogP contribution in [0.3, 0.4) is 0 Å². The lowest BCUT2D eigenvalue weighted by Gasteiger charge is -2.12. The molecule has 0 saturated carbocycles. The Balaban J connectivity index is 2.46. The van der Waals surface area contributed by atoms with Crippen LogP contribution in [0.15, 0.2) is 30.3 Å². The van der Waals surface area contributed by atoms with Crippen molar-refractivity contribution in [2.75, 3.05) is 6.54 Å². The minimum Gasteiger partial charge on any atom is -0.354 e. The molecule has 0 aliphatic rings. The molecule has 0 radical (unpaired) electrons. The molecule has 0 saturated heterocycles. The summed E-state index contributed by atoms with van der Waals surface area (Å²) in [4.78, 5) is 23.2. The molecule has 5 heteroatoms. The highest BCUT2D eigenvalue weighted by molar-refractivity contribution is 5.95. The van der Waals surface area contributed by atoms with Crippen LogP contribution in [0.4, 0.5) is 4.39 Å². The summed E-state index contributed by atoms with van der Waals surface area (Å²) < 4.78 is 12.7. The van der Waals surface area contributed by atoms with Crippen LogP contribution in [0.1, 0.15) is 25.8 Å². The second kappa shape index (κ2) is 8.09. The lowest BCUT2D eigenvalue weighted by Crippen LogP contribution is -2.44. The van der Waals surface area contributed by atoms with Crippen molar-refractivity contribution in [1.29, 1.82) is 0 Å². The van der Waals surface area contributed by atoms with Gasteiger partial charge in [0.05, 0.1) is 0 Å². The van der Waals surface area contributed by atoms with E-state index >= 15 is 0 Å². The minimum atomic E-state index is -0.591. The van der Waals surface area contributed by atoms with E-state index in [0.29, 0.717) is 12.1 Å². The molecular weight excluding hydrogens is 259 g/mol. The number of nitrogens with one attached hydrogen (secondary N) is 2. The van der Waals surface area contributed by atoms with Crippen LogP contribution in [-0.4, -0.2) is 24.4 Å². The Labute approximate surface area is 118 Å². The van der Waals surface area contributed by atoms with E-state index in [1.54, 1.807) is 25.1 Å². The van der Waals surface area contributed by atoms with E-state index in [1.165, 1.54) is 18.2 Å². The van der Waals surface area contributed by atoms with Crippen LogP contribution in [0, 0.1) is 5.82 Å². The number of halogens is 1. The van der Waals surface area contributed by atoms with Gasteiger partial charge in [-0.25, -0.2) is 4.39 Å². The molecule has 0 heterocycles. The maximum absolute atomic E-state index is 12.7. The first-order chi connectivity index (χ1) is 9.52. The van der Waals surface area contributed by atoms with Crippen molar-refractivity contribution in [3.05, 3.63) is 41.7 Å². The molecule has 2 N–H and O–H groups in total. The van der Waals surface area contributed by atoms with Crippen LogP contribution in [-0.2, 0) is 9.59 Å². The lowest BCUT2D eigenvalue weighted by atomic mass is 10.2. The molecule has 1 rings (SSSR count). The third-order valence-electron chi connectivity index (χ3n) is 2.60. The molecule has 4 nitrogen and oxygen atoms in total. The Morgan fingerprint density at radius 2 is 1.95 bits per heavy atom. The Hall–Kier alpha value is -2.17. The molecule has 0 bridgehead atoms. The van der Waals surface area contributed by atoms with Crippen LogP contribution < -0.4 is 10.6 Å². The van der Waals surface area contributed by atoms with Crippen LogP contribution in [0.5, 0.6) is 0 Å². The Kier molecular flexibility index (Phi) is 6.43. The first-order valence-corrected chi connectivity index (χ1v) is 6.54. The molecule has 0 fully saturated rings. The quantitative estimate of drug-likeness (QED) is 0.780. The minimum absolute atomic E-state index is 0.213. The maximum atomic E-state index is 12.7. The first-order valence-electron chi connectivity index (χ1n) is 6.54. The van der Waals surface area contributed by atoms with Crippen molar-refractivity contribution in [3.8, 4) is 0 Å². The molecule has 1 atom stereocenters. The summed E-state index contributed by atoms with van der Waals surface area (Å²) in [7, 11) is 0. The third kappa shape index (κ3) is 5.65. The monoisotopic (exact) mass is 278 g/mol. The lowest BCUT2D eigenvalue weighted by molar-refractivity contribution is -0.126. The maximum Gasteiger partial charge on any atom is 0.244 e. The summed E-state index contributed by atoms with van der Waals surface area (Å²) in [6.45, 7) is 4.16. The molecule has 2 amide bonds. The van der Waals surface area contributed by atoms with Crippen molar-refractivity contribution in [2.45, 2.75) is 26.3 Å². The van der Waals surface area contributed by atoms with Crippen molar-refractivity contribution >= 4 is 17.9 Å². The Morgan fingerprint density at radius 1 is 1.30 bits per heavy atom. The molecule has 1 aromatic rings. The van der Waals surface area contributed by atoms with E-state index in [0.717, 1.165) is 6.42 Å². The second-order valence-corrected chi connectivity index (χ2v) is 4.41. The zero-order valence-electron chi connectivity index (χ0n) is 11.7. The largest absolute Gasteiger partial charge is 0.354 e. The molecule has 0 spiro atoms. The predicted molar refractivity (Wildman–Crippen MR) is 76.3 cm³/mol. The summed E-state index contributed by atoms with van der Waals surface area (Å²) in [6.07, 6.45) is 3.72. The van der Waals surface area contributed by atoms with Gasteiger partial charge in [0.25, 0.3) is 0 Å². The standard InChI is InChI=1S/C15H19FN2O2/c1-3-10-17-15(20)11(2)18-14(19)9-6-12-4-7-13(16)8-5-12/h4-9,11H,3,10H2,1-2H3,(H,17,20)(H,18,19)/b9-6+/t11-/m0/s1. The average Bonchev–Trinajstić information content (AvgIpc) is 2.44. The Bertz CT molecular complexity index is 483. The van der Waals surface area contributed by atoms with Gasteiger partial charge in [-0.2, -0.15) is 0 Å². The van der Waals surface area contributed by atoms with Gasteiger partial charge in [0.1, 0.15) is 11.9 Å². The zero-order valence-corrected chi connectivity index (χ0v) is 11.7. The average molecular weight is 278 g/mol. The number of carbonyl (C=O) groups excluding carboxylic acids is 2. The smallest absolute Gasteiger partial charge is 0.244 e. The van der Waals surface area contributed by atoms with E-state index in [1.807, 2.05) is 6.92 Å². The molecule has 1 aromatic carbocycles. The van der Waals surface area contributed by atoms with Crippen molar-refractivity contribution in [1.82, 2.24) is 10.6 Å². The molecule has 20 heavy (non-hydrogen) atoms. The fraction of sp³-hybridized carbons (Fsp3) is 0.333. The van der Waals surface area contributed by atoms with E-state index in [2.05, 4.69) is 10.6 Å². The topological polar surface area (TPSA) is 58.2 Å². The highest BCUT2D eigenvalue weighted by Gasteiger charge is 2.12. The van der Waals surface area contributed by atoms with Gasteiger partial charge in [-0.15, -0.1) is 0 Å². The number of rotatable bonds is 6. The number of benzene rings is 1. The zero-order chi connectivity index (χ0) is 15.0. The molecular formula is C15H19FN2O2. The molecule has 0 aliphatic carbocycles. The van der Waals surface area contributed by atoms with Crippen molar-refractivity contribution in [3.63, 3.8) is 0 Å². The van der Waals surface area contributed by atoms with Crippen molar-refractivity contribution < 1.29 is 14.0 Å². The molecule has 108 valence electrons. The van der Waals surface area contributed by atoms with Crippen LogP contribution >= 0.6 is 0 Å². The normalized spacial score (nSPS) is 12.2. The number of hydrogen-bond acceptors (Lipinski definition) is 2. The summed E-state index contributed by atoms with van der Waals surface area (Å²) in [5.74, 6) is -0.906. The van der Waals surface area contributed by atoms with E-state index in [-0.39, 0.29) is 17.6 Å². The first kappa shape index (κ1) is 15.9. The number of carbonyl (C=O) groups is 2. The van der Waals surface area contributed by atoms with Gasteiger partial charge < -0.3 is 10.6 Å². The summed E-state index contributed by atoms with van der Waals surface area (Å²) in [6, 6.07) is 5.18. The summed E-state index contributed by atoms with van der Waals surface area (Å²) >= 11 is 0. The van der Waals surface area contributed by atoms with Gasteiger partial charge in [-0.3, -0.25) is 9.59 Å². The third-order valence-corrected chi connectivity index (χ3v) is 2.60. The predicted octanol–water partition coefficient (Wildman–Crippen LogP) is 1.87. The molecule has 0 unspecified atom stereocenters. The number of hydrogen-bond donors (Lipinski definition) is 2. The van der Waals surface area contributed by atoms with Gasteiger partial charge in [0.2, 0.25) is 11.8 Å². The highest BCUT2D eigenvalue weighted by Crippen LogP contribution is 2.04. The van der Waals surface area contributed by atoms with E-state index < -0.39 is 6.04 Å². The van der Waals surface area contributed by atoms with Gasteiger partial charge in [-0.05, 0) is 37.1 Å². The SMILES string of the molecule is CCCNC(=O)[C@H](C)NC(=O)/C=C/c1ccc(F)cc1. The van der Waals surface area contributed by atoms with Gasteiger partial charge in [-0.1, -0.05) is 19.1 Å². The van der Waals surface area contributed by atoms with E-state index in [4.69, 9.17) is 0 Å². The molecule has 0 aliphatic heterocycles. The Morgan fingerprint density at radius 3 is 2.55 bits per heavy atom. The van der Waals surface area contributed by atoms with Gasteiger partial charge in [0, 0.05) is 12.6 Å². The highest BCUT2D eigenvalue weighted by atomic mass is 19.1. The fourth-order valence-electron chi connectivity index (χ4n) is 1.47.